The van der Waals surface area contributed by atoms with E-state index in [4.69, 9.17) is 9.26 Å². The van der Waals surface area contributed by atoms with Crippen LogP contribution in [0.1, 0.15) is 36.3 Å². The Morgan fingerprint density at radius 1 is 1.36 bits per heavy atom. The number of benzene rings is 1. The SMILES string of the molecule is CC(Oc1ccccc1C(F)(F)F)c1nc(C2CNCCN2C)no1. The molecule has 2 heterocycles. The van der Waals surface area contributed by atoms with Crippen molar-refractivity contribution in [3.8, 4) is 5.75 Å². The molecule has 3 rings (SSSR count). The minimum Gasteiger partial charge on any atom is -0.480 e. The number of rotatable bonds is 4. The van der Waals surface area contributed by atoms with Crippen LogP contribution in [0.3, 0.4) is 0 Å². The number of nitrogens with one attached hydrogen (secondary N) is 1. The maximum atomic E-state index is 13.0. The first kappa shape index (κ1) is 17.7. The molecule has 1 aromatic carbocycles. The van der Waals surface area contributed by atoms with Crippen LogP contribution in [-0.2, 0) is 6.18 Å². The van der Waals surface area contributed by atoms with Gasteiger partial charge >= 0.3 is 6.18 Å². The standard InChI is InChI=1S/C16H19F3N4O2/c1-10(24-13-6-4-3-5-11(13)16(17,18)19)15-21-14(22-25-15)12-9-20-7-8-23(12)2/h3-6,10,12,20H,7-9H2,1-2H3. The van der Waals surface area contributed by atoms with Gasteiger partial charge in [-0.15, -0.1) is 0 Å². The van der Waals surface area contributed by atoms with E-state index in [1.165, 1.54) is 18.2 Å². The molecule has 1 saturated heterocycles. The van der Waals surface area contributed by atoms with E-state index in [-0.39, 0.29) is 17.7 Å². The second-order valence-electron chi connectivity index (χ2n) is 5.95. The van der Waals surface area contributed by atoms with Gasteiger partial charge in [-0.3, -0.25) is 4.90 Å². The molecule has 1 aromatic heterocycles. The first-order valence-electron chi connectivity index (χ1n) is 7.93. The highest BCUT2D eigenvalue weighted by Crippen LogP contribution is 2.37. The van der Waals surface area contributed by atoms with Gasteiger partial charge in [0.1, 0.15) is 5.75 Å². The van der Waals surface area contributed by atoms with Gasteiger partial charge in [-0.05, 0) is 26.1 Å². The Labute approximate surface area is 143 Å². The molecular weight excluding hydrogens is 337 g/mol. The summed E-state index contributed by atoms with van der Waals surface area (Å²) in [5, 5.41) is 7.20. The van der Waals surface area contributed by atoms with Crippen LogP contribution in [0.2, 0.25) is 0 Å². The predicted octanol–water partition coefficient (Wildman–Crippen LogP) is 2.80. The zero-order valence-electron chi connectivity index (χ0n) is 13.9. The fourth-order valence-corrected chi connectivity index (χ4v) is 2.69. The van der Waals surface area contributed by atoms with Gasteiger partial charge in [-0.1, -0.05) is 17.3 Å². The number of para-hydroxylation sites is 1. The van der Waals surface area contributed by atoms with E-state index >= 15 is 0 Å². The summed E-state index contributed by atoms with van der Waals surface area (Å²) in [7, 11) is 1.96. The molecule has 0 aliphatic carbocycles. The lowest BCUT2D eigenvalue weighted by Crippen LogP contribution is -2.44. The summed E-state index contributed by atoms with van der Waals surface area (Å²) in [4.78, 5) is 6.40. The lowest BCUT2D eigenvalue weighted by atomic mass is 10.2. The van der Waals surface area contributed by atoms with E-state index in [9.17, 15) is 13.2 Å². The lowest BCUT2D eigenvalue weighted by Gasteiger charge is -2.30. The topological polar surface area (TPSA) is 63.4 Å². The summed E-state index contributed by atoms with van der Waals surface area (Å²) in [6.45, 7) is 3.99. The fourth-order valence-electron chi connectivity index (χ4n) is 2.69. The molecule has 1 aliphatic heterocycles. The molecule has 1 aliphatic rings. The molecule has 0 amide bonds. The Balaban J connectivity index is 1.76. The highest BCUT2D eigenvalue weighted by atomic mass is 19.4. The van der Waals surface area contributed by atoms with Crippen molar-refractivity contribution in [1.29, 1.82) is 0 Å². The minimum atomic E-state index is -4.49. The van der Waals surface area contributed by atoms with Crippen LogP contribution in [0, 0.1) is 0 Å². The number of nitrogens with zero attached hydrogens (tertiary/aromatic N) is 3. The summed E-state index contributed by atoms with van der Waals surface area (Å²) in [5.74, 6) is 0.369. The third kappa shape index (κ3) is 3.93. The Morgan fingerprint density at radius 3 is 2.84 bits per heavy atom. The number of hydrogen-bond acceptors (Lipinski definition) is 6. The summed E-state index contributed by atoms with van der Waals surface area (Å²) in [6, 6.07) is 5.01. The normalized spacial score (nSPS) is 20.4. The monoisotopic (exact) mass is 356 g/mol. The van der Waals surface area contributed by atoms with E-state index in [1.54, 1.807) is 6.92 Å². The van der Waals surface area contributed by atoms with Gasteiger partial charge in [0.15, 0.2) is 11.9 Å². The first-order valence-corrected chi connectivity index (χ1v) is 7.93. The second kappa shape index (κ2) is 7.01. The maximum Gasteiger partial charge on any atom is 0.419 e. The Hall–Kier alpha value is -2.13. The van der Waals surface area contributed by atoms with E-state index in [0.717, 1.165) is 19.2 Å². The van der Waals surface area contributed by atoms with Crippen LogP contribution in [0.25, 0.3) is 0 Å². The summed E-state index contributed by atoms with van der Waals surface area (Å²) in [5.41, 5.74) is -0.835. The van der Waals surface area contributed by atoms with Crippen molar-refractivity contribution < 1.29 is 22.4 Å². The summed E-state index contributed by atoms with van der Waals surface area (Å²) in [6.07, 6.45) is -5.29. The smallest absolute Gasteiger partial charge is 0.419 e. The lowest BCUT2D eigenvalue weighted by molar-refractivity contribution is -0.139. The predicted molar refractivity (Wildman–Crippen MR) is 83.0 cm³/mol. The van der Waals surface area contributed by atoms with Crippen molar-refractivity contribution in [2.24, 2.45) is 0 Å². The molecule has 2 aromatic rings. The summed E-state index contributed by atoms with van der Waals surface area (Å²) < 4.78 is 49.8. The van der Waals surface area contributed by atoms with Crippen LogP contribution < -0.4 is 10.1 Å². The molecule has 1 fully saturated rings. The van der Waals surface area contributed by atoms with E-state index in [1.807, 2.05) is 7.05 Å². The average molecular weight is 356 g/mol. The molecule has 2 unspecified atom stereocenters. The zero-order chi connectivity index (χ0) is 18.0. The number of hydrogen-bond donors (Lipinski definition) is 1. The van der Waals surface area contributed by atoms with Crippen LogP contribution >= 0.6 is 0 Å². The van der Waals surface area contributed by atoms with Crippen LogP contribution in [-0.4, -0.2) is 41.7 Å². The van der Waals surface area contributed by atoms with Gasteiger partial charge < -0.3 is 14.6 Å². The van der Waals surface area contributed by atoms with Gasteiger partial charge in [0.2, 0.25) is 0 Å². The number of aromatic nitrogens is 2. The Kier molecular flexibility index (Phi) is 4.96. The van der Waals surface area contributed by atoms with Gasteiger partial charge in [-0.2, -0.15) is 18.2 Å². The van der Waals surface area contributed by atoms with Gasteiger partial charge in [0.05, 0.1) is 11.6 Å². The maximum absolute atomic E-state index is 13.0. The molecule has 0 bridgehead atoms. The molecule has 0 spiro atoms. The van der Waals surface area contributed by atoms with Gasteiger partial charge in [0.25, 0.3) is 5.89 Å². The third-order valence-corrected chi connectivity index (χ3v) is 4.11. The molecule has 2 atom stereocenters. The van der Waals surface area contributed by atoms with E-state index in [0.29, 0.717) is 12.4 Å². The van der Waals surface area contributed by atoms with Crippen LogP contribution in [0.15, 0.2) is 28.8 Å². The van der Waals surface area contributed by atoms with Gasteiger partial charge in [0, 0.05) is 19.6 Å². The van der Waals surface area contributed by atoms with Crippen molar-refractivity contribution in [2.75, 3.05) is 26.7 Å². The fraction of sp³-hybridized carbons (Fsp3) is 0.500. The molecule has 0 saturated carbocycles. The first-order chi connectivity index (χ1) is 11.9. The summed E-state index contributed by atoms with van der Waals surface area (Å²) >= 11 is 0. The number of alkyl halides is 3. The van der Waals surface area contributed by atoms with Crippen molar-refractivity contribution in [3.05, 3.63) is 41.5 Å². The van der Waals surface area contributed by atoms with Crippen molar-refractivity contribution >= 4 is 0 Å². The third-order valence-electron chi connectivity index (χ3n) is 4.11. The van der Waals surface area contributed by atoms with Crippen molar-refractivity contribution in [1.82, 2.24) is 20.4 Å². The van der Waals surface area contributed by atoms with Crippen LogP contribution in [0.4, 0.5) is 13.2 Å². The highest BCUT2D eigenvalue weighted by molar-refractivity contribution is 5.35. The van der Waals surface area contributed by atoms with Crippen molar-refractivity contribution in [2.45, 2.75) is 25.2 Å². The molecule has 0 radical (unpaired) electrons. The zero-order valence-corrected chi connectivity index (χ0v) is 13.9. The minimum absolute atomic E-state index is 0.0408. The molecule has 1 N–H and O–H groups in total. The molecule has 25 heavy (non-hydrogen) atoms. The quantitative estimate of drug-likeness (QED) is 0.909. The average Bonchev–Trinajstić information content (AvgIpc) is 3.04. The van der Waals surface area contributed by atoms with Gasteiger partial charge in [-0.25, -0.2) is 0 Å². The molecule has 9 heteroatoms. The largest absolute Gasteiger partial charge is 0.480 e. The number of halogens is 3. The van der Waals surface area contributed by atoms with E-state index in [2.05, 4.69) is 20.4 Å². The Bertz CT molecular complexity index is 719. The molecular formula is C16H19F3N4O2. The molecule has 136 valence electrons. The van der Waals surface area contributed by atoms with Crippen molar-refractivity contribution in [3.63, 3.8) is 0 Å². The highest BCUT2D eigenvalue weighted by Gasteiger charge is 2.35. The van der Waals surface area contributed by atoms with E-state index < -0.39 is 17.8 Å². The Morgan fingerprint density at radius 2 is 2.12 bits per heavy atom. The number of ether oxygens (including phenoxy) is 1. The van der Waals surface area contributed by atoms with Crippen LogP contribution in [0.5, 0.6) is 5.75 Å². The second-order valence-corrected chi connectivity index (χ2v) is 5.95. The molecule has 6 nitrogen and oxygen atoms in total. The number of piperazine rings is 1. The number of likely N-dealkylation sites (N-methyl/N-ethyl adjacent to an activating group) is 1.